The molecule has 1 heterocycles. The normalized spacial score (nSPS) is 10.9. The number of nitrogens with zero attached hydrogens (tertiary/aromatic N) is 2. The van der Waals surface area contributed by atoms with Crippen LogP contribution in [0.3, 0.4) is 0 Å². The summed E-state index contributed by atoms with van der Waals surface area (Å²) in [7, 11) is 0. The summed E-state index contributed by atoms with van der Waals surface area (Å²) in [4.78, 5) is 18.7. The Morgan fingerprint density at radius 3 is 2.28 bits per heavy atom. The maximum Gasteiger partial charge on any atom is 0.288 e. The molecule has 0 aliphatic rings. The summed E-state index contributed by atoms with van der Waals surface area (Å²) in [5, 5.41) is 1.08. The monoisotopic (exact) mass is 364 g/mol. The Bertz CT molecular complexity index is 1090. The summed E-state index contributed by atoms with van der Waals surface area (Å²) in [5.74, 6) is 0. The van der Waals surface area contributed by atoms with Crippen LogP contribution in [-0.4, -0.2) is 9.55 Å². The van der Waals surface area contributed by atoms with Crippen LogP contribution < -0.4 is 5.56 Å². The number of hydrogen-bond donors (Lipinski definition) is 0. The fourth-order valence-corrected chi connectivity index (χ4v) is 3.59. The van der Waals surface area contributed by atoms with Crippen molar-refractivity contribution < 1.29 is 0 Å². The first kappa shape index (κ1) is 15.9. The van der Waals surface area contributed by atoms with Crippen molar-refractivity contribution in [3.63, 3.8) is 0 Å². The van der Waals surface area contributed by atoms with Crippen LogP contribution >= 0.6 is 23.4 Å². The van der Waals surface area contributed by atoms with Gasteiger partial charge in [0.1, 0.15) is 0 Å². The van der Waals surface area contributed by atoms with Gasteiger partial charge in [-0.15, -0.1) is 0 Å². The van der Waals surface area contributed by atoms with Crippen LogP contribution in [0.15, 0.2) is 93.6 Å². The summed E-state index contributed by atoms with van der Waals surface area (Å²) < 4.78 is 1.68. The highest BCUT2D eigenvalue weighted by Crippen LogP contribution is 2.26. The van der Waals surface area contributed by atoms with Crippen molar-refractivity contribution >= 4 is 34.4 Å². The number of para-hydroxylation sites is 2. The Balaban J connectivity index is 1.95. The molecule has 0 N–H and O–H groups in total. The second-order valence-electron chi connectivity index (χ2n) is 5.44. The van der Waals surface area contributed by atoms with Gasteiger partial charge in [0.2, 0.25) is 0 Å². The molecule has 0 unspecified atom stereocenters. The van der Waals surface area contributed by atoms with Crippen LogP contribution in [0.2, 0.25) is 5.02 Å². The molecule has 1 aromatic heterocycles. The molecule has 122 valence electrons. The van der Waals surface area contributed by atoms with Gasteiger partial charge in [-0.3, -0.25) is 9.36 Å². The van der Waals surface area contributed by atoms with Gasteiger partial charge in [0.05, 0.1) is 11.0 Å². The van der Waals surface area contributed by atoms with Crippen LogP contribution in [0.4, 0.5) is 0 Å². The first-order valence-electron chi connectivity index (χ1n) is 7.73. The molecule has 4 rings (SSSR count). The molecule has 0 atom stereocenters. The van der Waals surface area contributed by atoms with Crippen molar-refractivity contribution in [3.8, 4) is 5.69 Å². The van der Waals surface area contributed by atoms with Gasteiger partial charge in [0, 0.05) is 15.6 Å². The maximum atomic E-state index is 13.1. The van der Waals surface area contributed by atoms with Gasteiger partial charge in [-0.1, -0.05) is 53.7 Å². The van der Waals surface area contributed by atoms with Crippen LogP contribution in [0.5, 0.6) is 0 Å². The van der Waals surface area contributed by atoms with Crippen molar-refractivity contribution in [2.45, 2.75) is 9.92 Å². The molecule has 0 saturated heterocycles. The third-order valence-corrected chi connectivity index (χ3v) is 4.99. The SMILES string of the molecule is O=c1c(Sc2ccccc2)nc2ccccc2n1-c1ccc(Cl)cc1. The van der Waals surface area contributed by atoms with Gasteiger partial charge in [-0.05, 0) is 48.5 Å². The minimum atomic E-state index is -0.144. The minimum absolute atomic E-state index is 0.144. The number of hydrogen-bond acceptors (Lipinski definition) is 3. The van der Waals surface area contributed by atoms with E-state index in [-0.39, 0.29) is 5.56 Å². The molecule has 0 radical (unpaired) electrons. The van der Waals surface area contributed by atoms with Gasteiger partial charge in [0.15, 0.2) is 5.03 Å². The summed E-state index contributed by atoms with van der Waals surface area (Å²) >= 11 is 7.36. The summed E-state index contributed by atoms with van der Waals surface area (Å²) in [6.07, 6.45) is 0. The standard InChI is InChI=1S/C20H13ClN2OS/c21-14-10-12-15(13-11-14)23-18-9-5-4-8-17(18)22-19(20(23)24)25-16-6-2-1-3-7-16/h1-13H. The van der Waals surface area contributed by atoms with E-state index in [0.29, 0.717) is 10.0 Å². The summed E-state index contributed by atoms with van der Waals surface area (Å²) in [5.41, 5.74) is 2.17. The van der Waals surface area contributed by atoms with Crippen molar-refractivity contribution in [3.05, 3.63) is 94.2 Å². The first-order valence-corrected chi connectivity index (χ1v) is 8.92. The van der Waals surface area contributed by atoms with E-state index in [0.717, 1.165) is 21.6 Å². The van der Waals surface area contributed by atoms with Gasteiger partial charge in [-0.2, -0.15) is 0 Å². The van der Waals surface area contributed by atoms with E-state index >= 15 is 0 Å². The van der Waals surface area contributed by atoms with Crippen LogP contribution in [0.1, 0.15) is 0 Å². The molecule has 0 amide bonds. The number of halogens is 1. The van der Waals surface area contributed by atoms with Gasteiger partial charge >= 0.3 is 0 Å². The number of fused-ring (bicyclic) bond motifs is 1. The molecular weight excluding hydrogens is 352 g/mol. The molecule has 0 aliphatic heterocycles. The Labute approximate surface area is 153 Å². The van der Waals surface area contributed by atoms with E-state index in [1.54, 1.807) is 16.7 Å². The Hall–Kier alpha value is -2.56. The predicted octanol–water partition coefficient (Wildman–Crippen LogP) is 5.19. The largest absolute Gasteiger partial charge is 0.288 e. The van der Waals surface area contributed by atoms with Crippen LogP contribution in [0.25, 0.3) is 16.7 Å². The Kier molecular flexibility index (Phi) is 4.30. The molecule has 0 bridgehead atoms. The zero-order valence-corrected chi connectivity index (χ0v) is 14.7. The minimum Gasteiger partial charge on any atom is -0.273 e. The highest BCUT2D eigenvalue weighted by atomic mass is 35.5. The second-order valence-corrected chi connectivity index (χ2v) is 6.94. The third-order valence-electron chi connectivity index (χ3n) is 3.77. The third kappa shape index (κ3) is 3.18. The zero-order chi connectivity index (χ0) is 17.2. The number of aromatic nitrogens is 2. The molecule has 0 saturated carbocycles. The number of benzene rings is 3. The second kappa shape index (κ2) is 6.75. The van der Waals surface area contributed by atoms with Crippen LogP contribution in [0, 0.1) is 0 Å². The van der Waals surface area contributed by atoms with E-state index < -0.39 is 0 Å². The molecule has 5 heteroatoms. The van der Waals surface area contributed by atoms with E-state index in [4.69, 9.17) is 11.6 Å². The quantitative estimate of drug-likeness (QED) is 0.501. The average molecular weight is 365 g/mol. The maximum absolute atomic E-state index is 13.1. The van der Waals surface area contributed by atoms with Crippen molar-refractivity contribution in [1.82, 2.24) is 9.55 Å². The summed E-state index contributed by atoms with van der Waals surface area (Å²) in [6.45, 7) is 0. The zero-order valence-electron chi connectivity index (χ0n) is 13.1. The molecule has 3 aromatic carbocycles. The Morgan fingerprint density at radius 2 is 1.52 bits per heavy atom. The summed E-state index contributed by atoms with van der Waals surface area (Å²) in [6, 6.07) is 24.6. The van der Waals surface area contributed by atoms with Crippen molar-refractivity contribution in [2.75, 3.05) is 0 Å². The fourth-order valence-electron chi connectivity index (χ4n) is 2.62. The lowest BCUT2D eigenvalue weighted by molar-refractivity contribution is 0.938. The van der Waals surface area contributed by atoms with Crippen molar-refractivity contribution in [2.24, 2.45) is 0 Å². The lowest BCUT2D eigenvalue weighted by Gasteiger charge is -2.12. The van der Waals surface area contributed by atoms with E-state index in [1.807, 2.05) is 66.7 Å². The van der Waals surface area contributed by atoms with E-state index in [1.165, 1.54) is 11.8 Å². The average Bonchev–Trinajstić information content (AvgIpc) is 2.64. The topological polar surface area (TPSA) is 34.9 Å². The fraction of sp³-hybridized carbons (Fsp3) is 0. The first-order chi connectivity index (χ1) is 12.2. The molecule has 0 fully saturated rings. The molecule has 3 nitrogen and oxygen atoms in total. The van der Waals surface area contributed by atoms with Crippen molar-refractivity contribution in [1.29, 1.82) is 0 Å². The molecule has 4 aromatic rings. The highest BCUT2D eigenvalue weighted by Gasteiger charge is 2.13. The molecule has 0 aliphatic carbocycles. The van der Waals surface area contributed by atoms with E-state index in [9.17, 15) is 4.79 Å². The predicted molar refractivity (Wildman–Crippen MR) is 103 cm³/mol. The number of rotatable bonds is 3. The molecular formula is C20H13ClN2OS. The van der Waals surface area contributed by atoms with Crippen LogP contribution in [-0.2, 0) is 0 Å². The lowest BCUT2D eigenvalue weighted by Crippen LogP contribution is -2.21. The van der Waals surface area contributed by atoms with Gasteiger partial charge in [-0.25, -0.2) is 4.98 Å². The van der Waals surface area contributed by atoms with Gasteiger partial charge in [0.25, 0.3) is 5.56 Å². The smallest absolute Gasteiger partial charge is 0.273 e. The lowest BCUT2D eigenvalue weighted by atomic mass is 10.2. The van der Waals surface area contributed by atoms with E-state index in [2.05, 4.69) is 4.98 Å². The highest BCUT2D eigenvalue weighted by molar-refractivity contribution is 7.99. The van der Waals surface area contributed by atoms with Gasteiger partial charge < -0.3 is 0 Å². The molecule has 25 heavy (non-hydrogen) atoms. The molecule has 0 spiro atoms. The Morgan fingerprint density at radius 1 is 0.840 bits per heavy atom.